The molecule has 1 heterocycles. The lowest BCUT2D eigenvalue weighted by atomic mass is 9.97. The van der Waals surface area contributed by atoms with Gasteiger partial charge in [0.15, 0.2) is 6.29 Å². The van der Waals surface area contributed by atoms with Crippen molar-refractivity contribution in [2.75, 3.05) is 13.7 Å². The molecular weight excluding hydrogens is 341 g/mol. The topological polar surface area (TPSA) is 67.8 Å². The van der Waals surface area contributed by atoms with E-state index in [1.54, 1.807) is 13.1 Å². The molecular formula is C16H21Cl2NO4. The van der Waals surface area contributed by atoms with E-state index in [0.717, 1.165) is 5.56 Å². The zero-order chi connectivity index (χ0) is 17.0. The molecule has 2 rings (SSSR count). The second-order valence-corrected chi connectivity index (χ2v) is 6.62. The van der Waals surface area contributed by atoms with Gasteiger partial charge in [-0.3, -0.25) is 4.79 Å². The second-order valence-electron chi connectivity index (χ2n) is 5.75. The Hall–Kier alpha value is -0.850. The highest BCUT2D eigenvalue weighted by molar-refractivity contribution is 6.34. The van der Waals surface area contributed by atoms with Gasteiger partial charge in [0, 0.05) is 16.5 Å². The van der Waals surface area contributed by atoms with E-state index in [-0.39, 0.29) is 12.2 Å². The number of ether oxygens (including phenoxy) is 2. The predicted octanol–water partition coefficient (Wildman–Crippen LogP) is 2.98. The molecule has 1 aromatic rings. The predicted molar refractivity (Wildman–Crippen MR) is 89.0 cm³/mol. The monoisotopic (exact) mass is 361 g/mol. The summed E-state index contributed by atoms with van der Waals surface area (Å²) in [6, 6.07) is 4.65. The molecule has 1 aromatic carbocycles. The van der Waals surface area contributed by atoms with E-state index < -0.39 is 18.1 Å². The lowest BCUT2D eigenvalue weighted by Crippen LogP contribution is -2.46. The van der Waals surface area contributed by atoms with Crippen LogP contribution in [-0.2, 0) is 20.7 Å². The van der Waals surface area contributed by atoms with E-state index in [1.807, 2.05) is 19.1 Å². The van der Waals surface area contributed by atoms with Crippen LogP contribution in [0.3, 0.4) is 0 Å². The van der Waals surface area contributed by atoms with Crippen molar-refractivity contribution in [2.24, 2.45) is 5.92 Å². The summed E-state index contributed by atoms with van der Waals surface area (Å²) < 4.78 is 11.5. The fourth-order valence-electron chi connectivity index (χ4n) is 2.81. The summed E-state index contributed by atoms with van der Waals surface area (Å²) >= 11 is 11.9. The Balaban J connectivity index is 1.84. The van der Waals surface area contributed by atoms with E-state index in [9.17, 15) is 9.90 Å². The lowest BCUT2D eigenvalue weighted by molar-refractivity contribution is -0.157. The fourth-order valence-corrected chi connectivity index (χ4v) is 3.38. The highest BCUT2D eigenvalue weighted by atomic mass is 35.5. The van der Waals surface area contributed by atoms with Crippen molar-refractivity contribution in [3.8, 4) is 0 Å². The number of halogens is 2. The van der Waals surface area contributed by atoms with Crippen LogP contribution >= 0.6 is 23.2 Å². The molecule has 0 amide bonds. The first kappa shape index (κ1) is 18.5. The molecule has 4 atom stereocenters. The molecule has 0 bridgehead atoms. The van der Waals surface area contributed by atoms with Crippen molar-refractivity contribution in [1.29, 1.82) is 0 Å². The molecule has 0 aromatic heterocycles. The molecule has 7 heteroatoms. The van der Waals surface area contributed by atoms with Crippen molar-refractivity contribution in [1.82, 2.24) is 5.32 Å². The number of carbonyl (C=O) groups is 1. The Labute approximate surface area is 145 Å². The number of likely N-dealkylation sites (N-methyl/N-ethyl adjacent to an activating group) is 1. The molecule has 5 nitrogen and oxygen atoms in total. The molecule has 0 aliphatic carbocycles. The Morgan fingerprint density at radius 3 is 2.65 bits per heavy atom. The number of carboxylic acids is 1. The molecule has 1 aliphatic rings. The second kappa shape index (κ2) is 8.31. The summed E-state index contributed by atoms with van der Waals surface area (Å²) in [6.07, 6.45) is 0.544. The Morgan fingerprint density at radius 2 is 2.09 bits per heavy atom. The van der Waals surface area contributed by atoms with Crippen LogP contribution in [0.5, 0.6) is 0 Å². The molecule has 128 valence electrons. The molecule has 0 unspecified atom stereocenters. The van der Waals surface area contributed by atoms with Gasteiger partial charge in [0.1, 0.15) is 6.04 Å². The average Bonchev–Trinajstić information content (AvgIpc) is 2.79. The van der Waals surface area contributed by atoms with Gasteiger partial charge in [-0.05, 0) is 43.1 Å². The van der Waals surface area contributed by atoms with E-state index in [1.165, 1.54) is 0 Å². The maximum absolute atomic E-state index is 11.2. The molecule has 0 radical (unpaired) electrons. The SMILES string of the molecule is CN[C@H](C(=O)O)[C@@H]1O[C@H](OCCc2cc(Cl)cc(Cl)c2)C[C@H]1C. The van der Waals surface area contributed by atoms with Gasteiger partial charge in [-0.25, -0.2) is 0 Å². The normalized spacial score (nSPS) is 25.5. The van der Waals surface area contributed by atoms with Crippen LogP contribution in [0.4, 0.5) is 0 Å². The number of hydrogen-bond donors (Lipinski definition) is 2. The minimum absolute atomic E-state index is 0.106. The third-order valence-electron chi connectivity index (χ3n) is 3.96. The molecule has 1 saturated heterocycles. The highest BCUT2D eigenvalue weighted by Gasteiger charge is 2.40. The smallest absolute Gasteiger partial charge is 0.323 e. The Kier molecular flexibility index (Phi) is 6.68. The van der Waals surface area contributed by atoms with Gasteiger partial charge in [0.25, 0.3) is 0 Å². The van der Waals surface area contributed by atoms with Crippen molar-refractivity contribution in [2.45, 2.75) is 38.2 Å². The molecule has 1 aliphatic heterocycles. The summed E-state index contributed by atoms with van der Waals surface area (Å²) in [4.78, 5) is 11.2. The largest absolute Gasteiger partial charge is 0.480 e. The lowest BCUT2D eigenvalue weighted by Gasteiger charge is -2.22. The number of aliphatic carboxylic acids is 1. The maximum atomic E-state index is 11.2. The van der Waals surface area contributed by atoms with Crippen LogP contribution in [0, 0.1) is 5.92 Å². The maximum Gasteiger partial charge on any atom is 0.323 e. The third-order valence-corrected chi connectivity index (χ3v) is 4.39. The number of benzene rings is 1. The Morgan fingerprint density at radius 1 is 1.43 bits per heavy atom. The van der Waals surface area contributed by atoms with Crippen LogP contribution in [0.15, 0.2) is 18.2 Å². The van der Waals surface area contributed by atoms with Crippen molar-refractivity contribution in [3.63, 3.8) is 0 Å². The van der Waals surface area contributed by atoms with Crippen LogP contribution in [0.2, 0.25) is 10.0 Å². The van der Waals surface area contributed by atoms with Gasteiger partial charge in [-0.2, -0.15) is 0 Å². The summed E-state index contributed by atoms with van der Waals surface area (Å²) in [5, 5.41) is 13.2. The van der Waals surface area contributed by atoms with Gasteiger partial charge in [0.05, 0.1) is 12.7 Å². The third kappa shape index (κ3) is 5.06. The highest BCUT2D eigenvalue weighted by Crippen LogP contribution is 2.29. The van der Waals surface area contributed by atoms with Gasteiger partial charge in [-0.1, -0.05) is 30.1 Å². The van der Waals surface area contributed by atoms with E-state index in [2.05, 4.69) is 5.32 Å². The zero-order valence-electron chi connectivity index (χ0n) is 13.1. The van der Waals surface area contributed by atoms with Crippen molar-refractivity contribution in [3.05, 3.63) is 33.8 Å². The van der Waals surface area contributed by atoms with E-state index >= 15 is 0 Å². The van der Waals surface area contributed by atoms with Crippen molar-refractivity contribution >= 4 is 29.2 Å². The van der Waals surface area contributed by atoms with Crippen LogP contribution in [-0.4, -0.2) is 43.2 Å². The number of rotatable bonds is 7. The van der Waals surface area contributed by atoms with Crippen molar-refractivity contribution < 1.29 is 19.4 Å². The van der Waals surface area contributed by atoms with E-state index in [0.29, 0.717) is 29.5 Å². The molecule has 1 fully saturated rings. The van der Waals surface area contributed by atoms with E-state index in [4.69, 9.17) is 32.7 Å². The first-order chi connectivity index (χ1) is 10.9. The standard InChI is InChI=1S/C16H21Cl2NO4/c1-9-5-13(23-15(9)14(19-2)16(20)21)22-4-3-10-6-11(17)8-12(18)7-10/h6-9,13-15,19H,3-5H2,1-2H3,(H,20,21)/t9-,13+,14+,15-/m1/s1. The minimum Gasteiger partial charge on any atom is -0.480 e. The molecule has 0 spiro atoms. The average molecular weight is 362 g/mol. The fraction of sp³-hybridized carbons (Fsp3) is 0.562. The number of hydrogen-bond acceptors (Lipinski definition) is 4. The zero-order valence-corrected chi connectivity index (χ0v) is 14.6. The van der Waals surface area contributed by atoms with Crippen LogP contribution in [0.25, 0.3) is 0 Å². The number of nitrogens with one attached hydrogen (secondary N) is 1. The van der Waals surface area contributed by atoms with Gasteiger partial charge in [-0.15, -0.1) is 0 Å². The van der Waals surface area contributed by atoms with Gasteiger partial charge < -0.3 is 19.9 Å². The first-order valence-corrected chi connectivity index (χ1v) is 8.28. The molecule has 23 heavy (non-hydrogen) atoms. The molecule has 0 saturated carbocycles. The quantitative estimate of drug-likeness (QED) is 0.781. The summed E-state index contributed by atoms with van der Waals surface area (Å²) in [7, 11) is 1.62. The summed E-state index contributed by atoms with van der Waals surface area (Å²) in [6.45, 7) is 2.43. The summed E-state index contributed by atoms with van der Waals surface area (Å²) in [5.74, 6) is -0.812. The van der Waals surface area contributed by atoms with Crippen LogP contribution in [0.1, 0.15) is 18.9 Å². The molecule has 2 N–H and O–H groups in total. The summed E-state index contributed by atoms with van der Waals surface area (Å²) in [5.41, 5.74) is 0.990. The minimum atomic E-state index is -0.918. The first-order valence-electron chi connectivity index (χ1n) is 7.52. The Bertz CT molecular complexity index is 535. The van der Waals surface area contributed by atoms with Gasteiger partial charge in [0.2, 0.25) is 0 Å². The van der Waals surface area contributed by atoms with Gasteiger partial charge >= 0.3 is 5.97 Å². The van der Waals surface area contributed by atoms with Crippen LogP contribution < -0.4 is 5.32 Å². The number of carboxylic acid groups (broad SMARTS) is 1.